The third-order valence-electron chi connectivity index (χ3n) is 8.29. The Morgan fingerprint density at radius 3 is 1.94 bits per heavy atom. The van der Waals surface area contributed by atoms with Gasteiger partial charge in [-0.05, 0) is 68.1 Å². The van der Waals surface area contributed by atoms with Crippen molar-refractivity contribution in [3.8, 4) is 0 Å². The molecule has 3 N–H and O–H groups in total. The minimum atomic E-state index is -4.41. The van der Waals surface area contributed by atoms with E-state index in [1.807, 2.05) is 0 Å². The molecule has 3 aromatic rings. The van der Waals surface area contributed by atoms with Gasteiger partial charge < -0.3 is 25.4 Å². The van der Waals surface area contributed by atoms with Crippen molar-refractivity contribution in [3.63, 3.8) is 0 Å². The van der Waals surface area contributed by atoms with Gasteiger partial charge in [0.1, 0.15) is 24.1 Å². The summed E-state index contributed by atoms with van der Waals surface area (Å²) in [5.41, 5.74) is -2.05. The SMILES string of the molecule is O=C(CCCCCNCc1ccccc1C(F)(F)F)Nc1ccn(C2CSC(COC(=O)CCCCCNCc3ccccc3C(F)(F)F)O2)c(=O)n1. The first kappa shape index (κ1) is 41.8. The fraction of sp³-hybridized carbons (Fsp3) is 0.500. The van der Waals surface area contributed by atoms with Gasteiger partial charge in [0.05, 0.1) is 11.1 Å². The molecule has 2 atom stereocenters. The number of thioether (sulfide) groups is 1. The molecule has 1 amide bonds. The van der Waals surface area contributed by atoms with Crippen LogP contribution in [-0.2, 0) is 44.5 Å². The topological polar surface area (TPSA) is 124 Å². The number of amides is 1. The lowest BCUT2D eigenvalue weighted by Crippen LogP contribution is -2.29. The van der Waals surface area contributed by atoms with E-state index < -0.39 is 46.8 Å². The van der Waals surface area contributed by atoms with Gasteiger partial charge in [0.25, 0.3) is 0 Å². The number of alkyl halides is 6. The summed E-state index contributed by atoms with van der Waals surface area (Å²) in [5, 5.41) is 8.62. The molecule has 1 aliphatic heterocycles. The second-order valence-electron chi connectivity index (χ2n) is 12.4. The minimum Gasteiger partial charge on any atom is -0.462 e. The lowest BCUT2D eigenvalue weighted by Gasteiger charge is -2.15. The van der Waals surface area contributed by atoms with Crippen molar-refractivity contribution in [2.45, 2.75) is 88.5 Å². The number of rotatable bonds is 20. The number of esters is 1. The Balaban J connectivity index is 1.04. The predicted octanol–water partition coefficient (Wildman–Crippen LogP) is 7.05. The maximum absolute atomic E-state index is 13.1. The molecule has 0 saturated carbocycles. The second-order valence-corrected chi connectivity index (χ2v) is 13.6. The molecule has 1 saturated heterocycles. The van der Waals surface area contributed by atoms with Crippen LogP contribution >= 0.6 is 11.8 Å². The molecule has 53 heavy (non-hydrogen) atoms. The molecule has 10 nitrogen and oxygen atoms in total. The highest BCUT2D eigenvalue weighted by molar-refractivity contribution is 8.00. The Morgan fingerprint density at radius 1 is 0.811 bits per heavy atom. The van der Waals surface area contributed by atoms with Gasteiger partial charge in [-0.1, -0.05) is 49.2 Å². The van der Waals surface area contributed by atoms with Crippen LogP contribution in [0.2, 0.25) is 0 Å². The molecule has 2 heterocycles. The number of benzene rings is 2. The first-order valence-electron chi connectivity index (χ1n) is 17.3. The van der Waals surface area contributed by atoms with Gasteiger partial charge in [0.15, 0.2) is 0 Å². The quantitative estimate of drug-likeness (QED) is 0.0630. The number of nitrogens with one attached hydrogen (secondary N) is 3. The van der Waals surface area contributed by atoms with Crippen LogP contribution in [0.1, 0.15) is 79.8 Å². The summed E-state index contributed by atoms with van der Waals surface area (Å²) in [6, 6.07) is 12.3. The lowest BCUT2D eigenvalue weighted by molar-refractivity contribution is -0.147. The van der Waals surface area contributed by atoms with E-state index in [9.17, 15) is 40.7 Å². The number of hydrogen-bond acceptors (Lipinski definition) is 9. The molecule has 290 valence electrons. The van der Waals surface area contributed by atoms with E-state index in [0.717, 1.165) is 12.1 Å². The standard InChI is InChI=1S/C36H43F6N5O5S/c37-35(38,39)27-13-7-5-11-25(27)21-43-18-9-1-3-15-30(48)45-29-17-20-47(34(50)46-29)31-24-53-33(52-31)23-51-32(49)16-4-2-10-19-44-22-26-12-6-8-14-28(26)36(40,41)42/h5-8,11-14,17,20,31,33,43-44H,1-4,9-10,15-16,18-19,21-24H2,(H,45,46,48,50). The minimum absolute atomic E-state index is 0.00142. The van der Waals surface area contributed by atoms with Gasteiger partial charge in [-0.3, -0.25) is 14.2 Å². The zero-order valence-corrected chi connectivity index (χ0v) is 29.8. The molecular formula is C36H43F6N5O5S. The van der Waals surface area contributed by atoms with Crippen LogP contribution in [0.15, 0.2) is 65.6 Å². The van der Waals surface area contributed by atoms with Crippen molar-refractivity contribution < 1.29 is 45.4 Å². The fourth-order valence-electron chi connectivity index (χ4n) is 5.57. The van der Waals surface area contributed by atoms with Crippen molar-refractivity contribution in [3.05, 3.63) is 93.5 Å². The molecular weight excluding hydrogens is 728 g/mol. The Kier molecular flexibility index (Phi) is 16.2. The summed E-state index contributed by atoms with van der Waals surface area (Å²) in [4.78, 5) is 41.2. The van der Waals surface area contributed by atoms with Crippen LogP contribution in [-0.4, -0.2) is 52.3 Å². The first-order valence-corrected chi connectivity index (χ1v) is 18.4. The van der Waals surface area contributed by atoms with Gasteiger partial charge in [0.2, 0.25) is 5.91 Å². The lowest BCUT2D eigenvalue weighted by atomic mass is 10.1. The summed E-state index contributed by atoms with van der Waals surface area (Å²) in [6.45, 7) is 1.20. The Hall–Kier alpha value is -3.93. The highest BCUT2D eigenvalue weighted by atomic mass is 32.2. The Morgan fingerprint density at radius 2 is 1.38 bits per heavy atom. The Bertz CT molecular complexity index is 1690. The third-order valence-corrected chi connectivity index (χ3v) is 9.39. The molecule has 17 heteroatoms. The van der Waals surface area contributed by atoms with E-state index in [1.165, 1.54) is 52.9 Å². The predicted molar refractivity (Wildman–Crippen MR) is 188 cm³/mol. The van der Waals surface area contributed by atoms with Crippen molar-refractivity contribution in [1.29, 1.82) is 0 Å². The average molecular weight is 772 g/mol. The van der Waals surface area contributed by atoms with Crippen molar-refractivity contribution >= 4 is 29.5 Å². The smallest absolute Gasteiger partial charge is 0.416 e. The summed E-state index contributed by atoms with van der Waals surface area (Å²) < 4.78 is 91.1. The summed E-state index contributed by atoms with van der Waals surface area (Å²) in [5.74, 6) is -0.204. The molecule has 0 radical (unpaired) electrons. The largest absolute Gasteiger partial charge is 0.462 e. The van der Waals surface area contributed by atoms with Gasteiger partial charge in [0, 0.05) is 37.9 Å². The third kappa shape index (κ3) is 14.1. The zero-order valence-electron chi connectivity index (χ0n) is 28.9. The van der Waals surface area contributed by atoms with Gasteiger partial charge >= 0.3 is 24.0 Å². The van der Waals surface area contributed by atoms with Crippen molar-refractivity contribution in [2.75, 3.05) is 30.8 Å². The highest BCUT2D eigenvalue weighted by Crippen LogP contribution is 2.33. The number of hydrogen-bond donors (Lipinski definition) is 3. The maximum atomic E-state index is 13.1. The first-order chi connectivity index (χ1) is 25.3. The fourth-order valence-corrected chi connectivity index (χ4v) is 6.56. The second kappa shape index (κ2) is 20.5. The zero-order chi connectivity index (χ0) is 38.3. The molecule has 0 aliphatic carbocycles. The van der Waals surface area contributed by atoms with E-state index >= 15 is 0 Å². The number of carbonyl (C=O) groups is 2. The molecule has 1 aromatic heterocycles. The average Bonchev–Trinajstić information content (AvgIpc) is 3.58. The van der Waals surface area contributed by atoms with Crippen LogP contribution in [0, 0.1) is 0 Å². The summed E-state index contributed by atoms with van der Waals surface area (Å²) >= 11 is 1.38. The van der Waals surface area contributed by atoms with Crippen LogP contribution in [0.4, 0.5) is 32.2 Å². The Labute approximate surface area is 307 Å². The number of nitrogens with zero attached hydrogens (tertiary/aromatic N) is 2. The van der Waals surface area contributed by atoms with Crippen LogP contribution < -0.4 is 21.6 Å². The van der Waals surface area contributed by atoms with E-state index in [2.05, 4.69) is 20.9 Å². The number of unbranched alkanes of at least 4 members (excludes halogenated alkanes) is 4. The van der Waals surface area contributed by atoms with E-state index in [1.54, 1.807) is 12.1 Å². The number of aromatic nitrogens is 2. The summed E-state index contributed by atoms with van der Waals surface area (Å²) in [6.07, 6.45) is -3.76. The monoisotopic (exact) mass is 771 g/mol. The molecule has 2 aromatic carbocycles. The number of anilines is 1. The molecule has 2 unspecified atom stereocenters. The van der Waals surface area contributed by atoms with E-state index in [4.69, 9.17) is 9.47 Å². The molecule has 4 rings (SSSR count). The molecule has 1 aliphatic rings. The normalized spacial score (nSPS) is 16.1. The molecule has 0 spiro atoms. The van der Waals surface area contributed by atoms with Crippen LogP contribution in [0.5, 0.6) is 0 Å². The van der Waals surface area contributed by atoms with Crippen molar-refractivity contribution in [2.24, 2.45) is 0 Å². The molecule has 0 bridgehead atoms. The highest BCUT2D eigenvalue weighted by Gasteiger charge is 2.33. The van der Waals surface area contributed by atoms with E-state index in [0.29, 0.717) is 57.4 Å². The van der Waals surface area contributed by atoms with E-state index in [-0.39, 0.29) is 55.4 Å². The number of ether oxygens (including phenoxy) is 2. The van der Waals surface area contributed by atoms with Crippen LogP contribution in [0.25, 0.3) is 0 Å². The maximum Gasteiger partial charge on any atom is 0.416 e. The number of halogens is 6. The van der Waals surface area contributed by atoms with Gasteiger partial charge in [-0.2, -0.15) is 31.3 Å². The number of carbonyl (C=O) groups excluding carboxylic acids is 2. The van der Waals surface area contributed by atoms with Gasteiger partial charge in [-0.25, -0.2) is 4.79 Å². The summed E-state index contributed by atoms with van der Waals surface area (Å²) in [7, 11) is 0. The molecule has 1 fully saturated rings. The van der Waals surface area contributed by atoms with Crippen LogP contribution in [0.3, 0.4) is 0 Å². The van der Waals surface area contributed by atoms with Gasteiger partial charge in [-0.15, -0.1) is 11.8 Å². The van der Waals surface area contributed by atoms with Crippen molar-refractivity contribution in [1.82, 2.24) is 20.2 Å².